The second kappa shape index (κ2) is 5.81. The fourth-order valence-electron chi connectivity index (χ4n) is 1.22. The lowest BCUT2D eigenvalue weighted by molar-refractivity contribution is 0.718. The van der Waals surface area contributed by atoms with Gasteiger partial charge < -0.3 is 5.32 Å². The van der Waals surface area contributed by atoms with Crippen LogP contribution in [0.15, 0.2) is 35.6 Å². The Morgan fingerprint density at radius 1 is 1.64 bits per heavy atom. The molecule has 3 heteroatoms. The van der Waals surface area contributed by atoms with Crippen molar-refractivity contribution in [3.05, 3.63) is 35.6 Å². The minimum atomic E-state index is 0.448. The Labute approximate surface area is 93.6 Å². The van der Waals surface area contributed by atoms with Crippen LogP contribution in [0, 0.1) is 0 Å². The molecular formula is C11H15BrN2. The van der Waals surface area contributed by atoms with Gasteiger partial charge >= 0.3 is 0 Å². The van der Waals surface area contributed by atoms with Crippen LogP contribution in [0.5, 0.6) is 0 Å². The van der Waals surface area contributed by atoms with Gasteiger partial charge in [0, 0.05) is 16.7 Å². The lowest BCUT2D eigenvalue weighted by Gasteiger charge is -2.13. The van der Waals surface area contributed by atoms with Crippen LogP contribution in [0.25, 0.3) is 0 Å². The summed E-state index contributed by atoms with van der Waals surface area (Å²) in [5, 5.41) is 3.38. The fraction of sp³-hybridized carbons (Fsp3) is 0.364. The molecular weight excluding hydrogens is 240 g/mol. The van der Waals surface area contributed by atoms with Crippen molar-refractivity contribution in [2.75, 3.05) is 5.32 Å². The maximum Gasteiger partial charge on any atom is 0.0540 e. The maximum atomic E-state index is 4.09. The van der Waals surface area contributed by atoms with Crippen molar-refractivity contribution >= 4 is 21.6 Å². The summed E-state index contributed by atoms with van der Waals surface area (Å²) in [5.74, 6) is 0. The maximum absolute atomic E-state index is 4.09. The molecule has 1 N–H and O–H groups in total. The number of hydrogen-bond acceptors (Lipinski definition) is 2. The third kappa shape index (κ3) is 3.92. The first kappa shape index (κ1) is 11.2. The van der Waals surface area contributed by atoms with E-state index < -0.39 is 0 Å². The average molecular weight is 255 g/mol. The lowest BCUT2D eigenvalue weighted by Crippen LogP contribution is -2.14. The smallest absolute Gasteiger partial charge is 0.0540 e. The van der Waals surface area contributed by atoms with Crippen molar-refractivity contribution in [2.24, 2.45) is 0 Å². The first-order chi connectivity index (χ1) is 6.72. The number of pyridine rings is 1. The molecule has 1 heterocycles. The quantitative estimate of drug-likeness (QED) is 0.813. The van der Waals surface area contributed by atoms with Gasteiger partial charge in [0.2, 0.25) is 0 Å². The Morgan fingerprint density at radius 2 is 2.43 bits per heavy atom. The highest BCUT2D eigenvalue weighted by molar-refractivity contribution is 9.10. The molecule has 0 aliphatic heterocycles. The van der Waals surface area contributed by atoms with Gasteiger partial charge in [-0.2, -0.15) is 0 Å². The van der Waals surface area contributed by atoms with Gasteiger partial charge in [0.05, 0.1) is 11.9 Å². The molecule has 76 valence electrons. The highest BCUT2D eigenvalue weighted by atomic mass is 79.9. The molecule has 0 aliphatic rings. The third-order valence-electron chi connectivity index (χ3n) is 1.92. The third-order valence-corrected chi connectivity index (χ3v) is 2.36. The highest BCUT2D eigenvalue weighted by Gasteiger charge is 2.00. The molecule has 1 atom stereocenters. The van der Waals surface area contributed by atoms with Crippen LogP contribution in [-0.4, -0.2) is 11.0 Å². The van der Waals surface area contributed by atoms with E-state index in [0.29, 0.717) is 6.04 Å². The van der Waals surface area contributed by atoms with Crippen molar-refractivity contribution in [3.63, 3.8) is 0 Å². The number of hydrogen-bond donors (Lipinski definition) is 1. The summed E-state index contributed by atoms with van der Waals surface area (Å²) in [4.78, 5) is 4.09. The normalized spacial score (nSPS) is 12.1. The first-order valence-electron chi connectivity index (χ1n) is 4.70. The molecule has 1 aromatic rings. The Balaban J connectivity index is 2.47. The van der Waals surface area contributed by atoms with E-state index >= 15 is 0 Å². The highest BCUT2D eigenvalue weighted by Crippen LogP contribution is 2.15. The SMILES string of the molecule is C=CCCC(C)Nc1cncc(Br)c1. The zero-order valence-electron chi connectivity index (χ0n) is 8.33. The first-order valence-corrected chi connectivity index (χ1v) is 5.49. The Kier molecular flexibility index (Phi) is 4.66. The van der Waals surface area contributed by atoms with Gasteiger partial charge in [0.25, 0.3) is 0 Å². The molecule has 1 aromatic heterocycles. The van der Waals surface area contributed by atoms with E-state index in [1.807, 2.05) is 18.3 Å². The van der Waals surface area contributed by atoms with Crippen LogP contribution in [-0.2, 0) is 0 Å². The summed E-state index contributed by atoms with van der Waals surface area (Å²) in [6.45, 7) is 5.86. The fourth-order valence-corrected chi connectivity index (χ4v) is 1.58. The molecule has 1 unspecified atom stereocenters. The average Bonchev–Trinajstić information content (AvgIpc) is 2.15. The topological polar surface area (TPSA) is 24.9 Å². The molecule has 0 spiro atoms. The van der Waals surface area contributed by atoms with E-state index in [2.05, 4.69) is 39.7 Å². The van der Waals surface area contributed by atoms with Crippen molar-refractivity contribution in [1.82, 2.24) is 4.98 Å². The second-order valence-electron chi connectivity index (χ2n) is 3.30. The molecule has 0 bridgehead atoms. The van der Waals surface area contributed by atoms with E-state index in [1.54, 1.807) is 6.20 Å². The zero-order valence-corrected chi connectivity index (χ0v) is 9.92. The van der Waals surface area contributed by atoms with Gasteiger partial charge in [-0.15, -0.1) is 6.58 Å². The van der Waals surface area contributed by atoms with Gasteiger partial charge in [0.15, 0.2) is 0 Å². The summed E-state index contributed by atoms with van der Waals surface area (Å²) in [7, 11) is 0. The Bertz CT molecular complexity index is 299. The molecule has 0 saturated heterocycles. The van der Waals surface area contributed by atoms with Crippen molar-refractivity contribution in [1.29, 1.82) is 0 Å². The van der Waals surface area contributed by atoms with Crippen LogP contribution in [0.2, 0.25) is 0 Å². The number of allylic oxidation sites excluding steroid dienone is 1. The van der Waals surface area contributed by atoms with Crippen LogP contribution in [0.3, 0.4) is 0 Å². The van der Waals surface area contributed by atoms with E-state index in [0.717, 1.165) is 23.0 Å². The molecule has 2 nitrogen and oxygen atoms in total. The lowest BCUT2D eigenvalue weighted by atomic mass is 10.2. The Morgan fingerprint density at radius 3 is 3.07 bits per heavy atom. The summed E-state index contributed by atoms with van der Waals surface area (Å²) in [5.41, 5.74) is 1.05. The molecule has 0 amide bonds. The number of aromatic nitrogens is 1. The van der Waals surface area contributed by atoms with Crippen LogP contribution in [0.4, 0.5) is 5.69 Å². The summed E-state index contributed by atoms with van der Waals surface area (Å²) in [6.07, 6.45) is 7.68. The summed E-state index contributed by atoms with van der Waals surface area (Å²) in [6, 6.07) is 2.47. The monoisotopic (exact) mass is 254 g/mol. The number of nitrogens with one attached hydrogen (secondary N) is 1. The van der Waals surface area contributed by atoms with Crippen LogP contribution >= 0.6 is 15.9 Å². The molecule has 0 radical (unpaired) electrons. The second-order valence-corrected chi connectivity index (χ2v) is 4.22. The molecule has 1 rings (SSSR count). The number of anilines is 1. The minimum Gasteiger partial charge on any atom is -0.381 e. The predicted octanol–water partition coefficient (Wildman–Crippen LogP) is 3.61. The van der Waals surface area contributed by atoms with Crippen LogP contribution in [0.1, 0.15) is 19.8 Å². The van der Waals surface area contributed by atoms with Crippen molar-refractivity contribution in [2.45, 2.75) is 25.8 Å². The predicted molar refractivity (Wildman–Crippen MR) is 64.5 cm³/mol. The van der Waals surface area contributed by atoms with Gasteiger partial charge in [-0.05, 0) is 41.8 Å². The molecule has 14 heavy (non-hydrogen) atoms. The number of nitrogens with zero attached hydrogens (tertiary/aromatic N) is 1. The zero-order chi connectivity index (χ0) is 10.4. The van der Waals surface area contributed by atoms with Crippen LogP contribution < -0.4 is 5.32 Å². The Hall–Kier alpha value is -0.830. The van der Waals surface area contributed by atoms with Crippen molar-refractivity contribution in [3.8, 4) is 0 Å². The van der Waals surface area contributed by atoms with Gasteiger partial charge in [0.1, 0.15) is 0 Å². The minimum absolute atomic E-state index is 0.448. The summed E-state index contributed by atoms with van der Waals surface area (Å²) >= 11 is 3.39. The number of halogens is 1. The standard InChI is InChI=1S/C11H15BrN2/c1-3-4-5-9(2)14-11-6-10(12)7-13-8-11/h3,6-9,14H,1,4-5H2,2H3. The van der Waals surface area contributed by atoms with Gasteiger partial charge in [-0.3, -0.25) is 4.98 Å². The van der Waals surface area contributed by atoms with E-state index in [4.69, 9.17) is 0 Å². The molecule has 0 fully saturated rings. The van der Waals surface area contributed by atoms with E-state index in [9.17, 15) is 0 Å². The van der Waals surface area contributed by atoms with E-state index in [-0.39, 0.29) is 0 Å². The van der Waals surface area contributed by atoms with Gasteiger partial charge in [-0.25, -0.2) is 0 Å². The van der Waals surface area contributed by atoms with Crippen molar-refractivity contribution < 1.29 is 0 Å². The largest absolute Gasteiger partial charge is 0.381 e. The molecule has 0 aromatic carbocycles. The van der Waals surface area contributed by atoms with E-state index in [1.165, 1.54) is 0 Å². The van der Waals surface area contributed by atoms with Gasteiger partial charge in [-0.1, -0.05) is 6.08 Å². The molecule has 0 aliphatic carbocycles. The summed E-state index contributed by atoms with van der Waals surface area (Å²) < 4.78 is 0.999. The number of rotatable bonds is 5. The molecule has 0 saturated carbocycles.